The van der Waals surface area contributed by atoms with Gasteiger partial charge < -0.3 is 55.9 Å². The van der Waals surface area contributed by atoms with E-state index in [0.717, 1.165) is 60.9 Å². The predicted octanol–water partition coefficient (Wildman–Crippen LogP) is 6.03. The molecule has 4 aliphatic rings. The highest BCUT2D eigenvalue weighted by Gasteiger charge is 2.49. The van der Waals surface area contributed by atoms with Crippen LogP contribution in [0.5, 0.6) is 0 Å². The van der Waals surface area contributed by atoms with E-state index >= 15 is 0 Å². The number of morpholine rings is 1. The van der Waals surface area contributed by atoms with E-state index in [2.05, 4.69) is 10.1 Å². The Balaban J connectivity index is 0.000000487. The first-order valence-corrected chi connectivity index (χ1v) is 25.0. The third kappa shape index (κ3) is 20.1. The number of methoxy groups -OCH3 is 1. The number of rotatable bonds is 11. The molecular formula is C52H81Cl3N4O13. The molecule has 0 bridgehead atoms. The predicted molar refractivity (Wildman–Crippen MR) is 278 cm³/mol. The van der Waals surface area contributed by atoms with Crippen LogP contribution in [0, 0.1) is 22.2 Å². The largest absolute Gasteiger partial charge is 0.479 e. The Labute approximate surface area is 441 Å². The number of aliphatic hydroxyl groups excluding tert-OH is 4. The lowest BCUT2D eigenvalue weighted by Crippen LogP contribution is -2.57. The Morgan fingerprint density at radius 1 is 0.819 bits per heavy atom. The first kappa shape index (κ1) is 66.1. The van der Waals surface area contributed by atoms with Gasteiger partial charge in [-0.05, 0) is 109 Å². The second kappa shape index (κ2) is 30.5. The maximum absolute atomic E-state index is 12.9. The number of ether oxygens (including phenoxy) is 2. The Morgan fingerprint density at radius 3 is 1.82 bits per heavy atom. The number of nitrogens with two attached hydrogens (primary N) is 1. The number of fused-ring (bicyclic) bond motifs is 1. The quantitative estimate of drug-likeness (QED) is 0.127. The molecule has 8 N–H and O–H groups in total. The maximum atomic E-state index is 12.9. The molecule has 4 aliphatic heterocycles. The molecule has 17 nitrogen and oxygen atoms in total. The number of amides is 2. The second-order valence-electron chi connectivity index (χ2n) is 21.3. The lowest BCUT2D eigenvalue weighted by molar-refractivity contribution is -0.183. The standard InChI is InChI=1S/C21H30ClNO4.C11H17NO3.C8H10ClNO.C6H11NO2.C6H12O3.ClH/c1-21(2,3)17(13-25)20(27)23-10-4-5-18(23)19(26)9-7-14-11-16(22)8-6-15(14)12-24;1-11(2,3)8-9(13)12-6-4-5-7(12)10(14)15-8;9-8-2-1-6(5-11)7(3-8)4-10;1-9-6(8)5-3-2-4-7-5;1-6(2,3)4(7)5(8)9;/h6,8,11,17-18,24-25H,4-5,7,9-10,12-13H2,1-3H3;7-8H,4-6H2,1-3H3;1-3,11H,4-5,10H2;5,7H,2-4H2,1H3;4,7H,1-3H3,(H,8,9);1H/t17-,18-;7-,8-;;5-;4-;/m00.00./s1. The number of hydrogen-bond donors (Lipinski definition) is 7. The highest BCUT2D eigenvalue weighted by Crippen LogP contribution is 2.33. The molecule has 0 aromatic heterocycles. The number of aliphatic carboxylic acids is 1. The van der Waals surface area contributed by atoms with E-state index in [4.69, 9.17) is 49.0 Å². The van der Waals surface area contributed by atoms with Crippen LogP contribution in [0.25, 0.3) is 0 Å². The SMILES string of the molecule is CC(C)(C)[C@@H](CO)C(=O)N1CCC[C@H]1C(=O)CCc1cc(Cl)ccc1CO.CC(C)(C)[C@@H](O)C(=O)O.CC(C)(C)[C@H]1OC(=O)[C@@H]2CCCN2C1=O.COC(=O)[C@@H]1CCCN1.Cl.NCc1cc(Cl)ccc1CO. The number of cyclic esters (lactones) is 1. The number of carbonyl (C=O) groups excluding carboxylic acids is 5. The van der Waals surface area contributed by atoms with Crippen molar-refractivity contribution in [1.29, 1.82) is 0 Å². The number of Topliss-reactive ketones (excluding diaryl/α,β-unsaturated/α-hetero) is 1. The molecule has 4 saturated heterocycles. The number of halogens is 3. The van der Waals surface area contributed by atoms with E-state index in [0.29, 0.717) is 48.9 Å². The summed E-state index contributed by atoms with van der Waals surface area (Å²) in [5.74, 6) is -2.18. The third-order valence-corrected chi connectivity index (χ3v) is 13.1. The summed E-state index contributed by atoms with van der Waals surface area (Å²) < 4.78 is 9.78. The zero-order valence-corrected chi connectivity index (χ0v) is 46.0. The summed E-state index contributed by atoms with van der Waals surface area (Å²) in [7, 11) is 1.42. The summed E-state index contributed by atoms with van der Waals surface area (Å²) in [5.41, 5.74) is 7.55. The van der Waals surface area contributed by atoms with Gasteiger partial charge in [-0.15, -0.1) is 12.4 Å². The molecule has 0 saturated carbocycles. The smallest absolute Gasteiger partial charge is 0.333 e. The number of carbonyl (C=O) groups is 6. The highest BCUT2D eigenvalue weighted by atomic mass is 35.5. The Morgan fingerprint density at radius 2 is 1.38 bits per heavy atom. The molecule has 6 atom stereocenters. The van der Waals surface area contributed by atoms with E-state index in [1.54, 1.807) is 67.0 Å². The van der Waals surface area contributed by atoms with Crippen LogP contribution in [-0.4, -0.2) is 135 Å². The number of carboxylic acids is 1. The first-order chi connectivity index (χ1) is 33.1. The lowest BCUT2D eigenvalue weighted by atomic mass is 9.80. The molecule has 2 aromatic carbocycles. The fourth-order valence-electron chi connectivity index (χ4n) is 8.25. The summed E-state index contributed by atoms with van der Waals surface area (Å²) in [4.78, 5) is 73.6. The number of aliphatic hydroxyl groups is 4. The maximum Gasteiger partial charge on any atom is 0.333 e. The molecule has 0 aliphatic carbocycles. The molecule has 6 rings (SSSR count). The summed E-state index contributed by atoms with van der Waals surface area (Å²) in [6.45, 7) is 18.9. The topological polar surface area (TPSA) is 267 Å². The van der Waals surface area contributed by atoms with Crippen LogP contribution in [0.3, 0.4) is 0 Å². The molecule has 4 fully saturated rings. The molecular weight excluding hydrogens is 995 g/mol. The number of carboxylic acid groups (broad SMARTS) is 1. The van der Waals surface area contributed by atoms with Gasteiger partial charge in [0.2, 0.25) is 5.91 Å². The molecule has 0 spiro atoms. The van der Waals surface area contributed by atoms with Crippen molar-refractivity contribution < 1.29 is 63.8 Å². The van der Waals surface area contributed by atoms with Gasteiger partial charge in [-0.3, -0.25) is 19.2 Å². The number of benzene rings is 2. The number of nitrogens with one attached hydrogen (secondary N) is 1. The van der Waals surface area contributed by atoms with E-state index in [1.807, 2.05) is 41.5 Å². The minimum absolute atomic E-state index is 0. The Kier molecular flexibility index (Phi) is 28.0. The summed E-state index contributed by atoms with van der Waals surface area (Å²) in [5, 5.41) is 49.4. The normalized spacial score (nSPS) is 20.2. The van der Waals surface area contributed by atoms with E-state index in [9.17, 15) is 39.0 Å². The third-order valence-electron chi connectivity index (χ3n) is 12.6. The van der Waals surface area contributed by atoms with Crippen LogP contribution >= 0.6 is 35.6 Å². The zero-order chi connectivity index (χ0) is 54.0. The Hall–Kier alpha value is -3.91. The van der Waals surface area contributed by atoms with Crippen LogP contribution in [0.2, 0.25) is 10.0 Å². The van der Waals surface area contributed by atoms with Crippen LogP contribution in [0.1, 0.15) is 130 Å². The van der Waals surface area contributed by atoms with Crippen molar-refractivity contribution in [3.05, 3.63) is 68.7 Å². The van der Waals surface area contributed by atoms with Gasteiger partial charge >= 0.3 is 17.9 Å². The van der Waals surface area contributed by atoms with Crippen molar-refractivity contribution in [3.63, 3.8) is 0 Å². The van der Waals surface area contributed by atoms with Gasteiger partial charge in [0.05, 0.1) is 38.9 Å². The summed E-state index contributed by atoms with van der Waals surface area (Å²) in [6, 6.07) is 9.79. The second-order valence-corrected chi connectivity index (χ2v) is 22.1. The van der Waals surface area contributed by atoms with E-state index < -0.39 is 35.6 Å². The minimum atomic E-state index is -1.27. The molecule has 0 radical (unpaired) electrons. The monoisotopic (exact) mass is 1070 g/mol. The molecule has 2 aromatic rings. The fraction of sp³-hybridized carbons (Fsp3) is 0.654. The van der Waals surface area contributed by atoms with Gasteiger partial charge in [0.15, 0.2) is 18.0 Å². The molecule has 0 unspecified atom stereocenters. The number of esters is 2. The number of ketones is 1. The van der Waals surface area contributed by atoms with Gasteiger partial charge in [0.25, 0.3) is 5.91 Å². The zero-order valence-electron chi connectivity index (χ0n) is 43.7. The van der Waals surface area contributed by atoms with Crippen LogP contribution in [-0.2, 0) is 64.4 Å². The van der Waals surface area contributed by atoms with Crippen molar-refractivity contribution in [3.8, 4) is 0 Å². The van der Waals surface area contributed by atoms with Gasteiger partial charge in [-0.2, -0.15) is 0 Å². The number of aryl methyl sites for hydroxylation is 1. The summed E-state index contributed by atoms with van der Waals surface area (Å²) >= 11 is 11.7. The molecule has 72 heavy (non-hydrogen) atoms. The fourth-order valence-corrected chi connectivity index (χ4v) is 8.64. The van der Waals surface area contributed by atoms with Crippen LogP contribution < -0.4 is 11.1 Å². The van der Waals surface area contributed by atoms with Crippen molar-refractivity contribution in [2.45, 2.75) is 164 Å². The Bertz CT molecular complexity index is 2080. The first-order valence-electron chi connectivity index (χ1n) is 24.2. The molecule has 20 heteroatoms. The molecule has 4 heterocycles. The van der Waals surface area contributed by atoms with Gasteiger partial charge in [0.1, 0.15) is 12.1 Å². The van der Waals surface area contributed by atoms with Crippen molar-refractivity contribution in [2.75, 3.05) is 33.4 Å². The molecule has 408 valence electrons. The average molecular weight is 1080 g/mol. The highest BCUT2D eigenvalue weighted by molar-refractivity contribution is 6.31. The van der Waals surface area contributed by atoms with Crippen LogP contribution in [0.15, 0.2) is 36.4 Å². The van der Waals surface area contributed by atoms with Gasteiger partial charge in [-0.25, -0.2) is 9.59 Å². The van der Waals surface area contributed by atoms with E-state index in [-0.39, 0.29) is 84.7 Å². The number of nitrogens with zero attached hydrogens (tertiary/aromatic N) is 2. The summed E-state index contributed by atoms with van der Waals surface area (Å²) in [6.07, 6.45) is 4.02. The number of hydrogen-bond acceptors (Lipinski definition) is 14. The van der Waals surface area contributed by atoms with Crippen LogP contribution in [0.4, 0.5) is 0 Å². The minimum Gasteiger partial charge on any atom is -0.479 e. The number of likely N-dealkylation sites (tertiary alicyclic amines) is 1. The van der Waals surface area contributed by atoms with Crippen molar-refractivity contribution in [2.24, 2.45) is 27.9 Å². The van der Waals surface area contributed by atoms with Crippen molar-refractivity contribution in [1.82, 2.24) is 15.1 Å². The average Bonchev–Trinajstić information content (AvgIpc) is 4.13. The van der Waals surface area contributed by atoms with Gasteiger partial charge in [0, 0.05) is 41.5 Å². The molecule has 2 amide bonds. The van der Waals surface area contributed by atoms with E-state index in [1.165, 1.54) is 7.11 Å². The van der Waals surface area contributed by atoms with Crippen molar-refractivity contribution >= 4 is 71.1 Å². The van der Waals surface area contributed by atoms with Gasteiger partial charge in [-0.1, -0.05) is 97.6 Å². The lowest BCUT2D eigenvalue weighted by Gasteiger charge is -2.39.